The van der Waals surface area contributed by atoms with Crippen molar-refractivity contribution in [3.8, 4) is 11.5 Å². The number of hydrogen-bond donors (Lipinski definition) is 0. The van der Waals surface area contributed by atoms with Crippen LogP contribution in [-0.2, 0) is 41.4 Å². The van der Waals surface area contributed by atoms with E-state index in [0.717, 1.165) is 61.8 Å². The number of Topliss-reactive ketones (excluding diaryl/α,β-unsaturated/α-hetero) is 2. The summed E-state index contributed by atoms with van der Waals surface area (Å²) >= 11 is 0. The summed E-state index contributed by atoms with van der Waals surface area (Å²) < 4.78 is 38.1. The molecule has 1 spiro atoms. The maximum atomic E-state index is 13.4. The van der Waals surface area contributed by atoms with Gasteiger partial charge in [0.2, 0.25) is 11.6 Å². The second-order valence-electron chi connectivity index (χ2n) is 19.9. The maximum Gasteiger partial charge on any atom is 0.229 e. The first-order chi connectivity index (χ1) is 26.3. The first kappa shape index (κ1) is 40.0. The molecule has 0 N–H and O–H groups in total. The molecular weight excluding hydrogens is 705 g/mol. The average molecular weight is 771 g/mol. The van der Waals surface area contributed by atoms with Gasteiger partial charge < -0.3 is 28.4 Å². The molecule has 2 saturated carbocycles. The van der Waals surface area contributed by atoms with E-state index in [-0.39, 0.29) is 40.0 Å². The van der Waals surface area contributed by atoms with Gasteiger partial charge in [-0.25, -0.2) is 0 Å². The van der Waals surface area contributed by atoms with Gasteiger partial charge in [0, 0.05) is 35.5 Å². The zero-order valence-corrected chi connectivity index (χ0v) is 36.1. The van der Waals surface area contributed by atoms with Gasteiger partial charge in [-0.1, -0.05) is 32.9 Å². The number of fused-ring (bicyclic) bond motifs is 2. The summed E-state index contributed by atoms with van der Waals surface area (Å²) in [4.78, 5) is 26.5. The normalized spacial score (nSPS) is 40.1. The molecule has 3 aliphatic heterocycles. The molecule has 10 atom stereocenters. The van der Waals surface area contributed by atoms with Crippen molar-refractivity contribution in [2.24, 2.45) is 35.0 Å². The van der Waals surface area contributed by atoms with E-state index >= 15 is 0 Å². The fourth-order valence-corrected chi connectivity index (χ4v) is 13.2. The van der Waals surface area contributed by atoms with Crippen LogP contribution in [0.4, 0.5) is 0 Å². The molecule has 5 fully saturated rings. The molecule has 7 aliphatic rings. The third-order valence-electron chi connectivity index (χ3n) is 16.5. The van der Waals surface area contributed by atoms with Crippen molar-refractivity contribution in [3.63, 3.8) is 0 Å². The molecular formula is C48H66O8. The molecule has 0 amide bonds. The Kier molecular flexibility index (Phi) is 9.56. The van der Waals surface area contributed by atoms with Crippen LogP contribution < -0.4 is 9.47 Å². The van der Waals surface area contributed by atoms with Crippen LogP contribution in [0.5, 0.6) is 11.5 Å². The average Bonchev–Trinajstić information content (AvgIpc) is 3.72. The maximum absolute atomic E-state index is 13.4. The summed E-state index contributed by atoms with van der Waals surface area (Å²) in [6.45, 7) is 22.5. The van der Waals surface area contributed by atoms with Gasteiger partial charge in [0.15, 0.2) is 5.79 Å². The van der Waals surface area contributed by atoms with Crippen LogP contribution in [0.1, 0.15) is 145 Å². The summed E-state index contributed by atoms with van der Waals surface area (Å²) in [7, 11) is 3.35. The van der Waals surface area contributed by atoms with Crippen LogP contribution in [0.3, 0.4) is 0 Å². The quantitative estimate of drug-likeness (QED) is 0.279. The highest BCUT2D eigenvalue weighted by Gasteiger charge is 2.73. The van der Waals surface area contributed by atoms with Crippen LogP contribution >= 0.6 is 0 Å². The Bertz CT molecular complexity index is 1930. The largest absolute Gasteiger partial charge is 0.496 e. The Morgan fingerprint density at radius 1 is 0.786 bits per heavy atom. The van der Waals surface area contributed by atoms with Gasteiger partial charge in [-0.2, -0.15) is 0 Å². The molecule has 0 radical (unpaired) electrons. The minimum absolute atomic E-state index is 0.0237. The number of ketones is 2. The van der Waals surface area contributed by atoms with E-state index in [1.165, 1.54) is 29.5 Å². The van der Waals surface area contributed by atoms with Crippen molar-refractivity contribution in [2.45, 2.75) is 161 Å². The van der Waals surface area contributed by atoms with Crippen molar-refractivity contribution in [1.82, 2.24) is 0 Å². The van der Waals surface area contributed by atoms with E-state index in [0.29, 0.717) is 35.7 Å². The molecule has 4 bridgehead atoms. The van der Waals surface area contributed by atoms with Gasteiger partial charge in [-0.05, 0) is 152 Å². The number of rotatable bonds is 2. The van der Waals surface area contributed by atoms with E-state index in [1.54, 1.807) is 14.2 Å². The van der Waals surface area contributed by atoms with Crippen molar-refractivity contribution < 1.29 is 38.0 Å². The van der Waals surface area contributed by atoms with Crippen LogP contribution in [0.2, 0.25) is 0 Å². The van der Waals surface area contributed by atoms with Crippen molar-refractivity contribution in [3.05, 3.63) is 57.6 Å². The molecule has 8 heteroatoms. The Balaban J connectivity index is 0.000000157. The molecule has 2 aromatic rings. The van der Waals surface area contributed by atoms with Gasteiger partial charge >= 0.3 is 0 Å². The summed E-state index contributed by atoms with van der Waals surface area (Å²) in [5, 5.41) is 0. The molecule has 3 heterocycles. The van der Waals surface area contributed by atoms with Crippen LogP contribution in [0.25, 0.3) is 0 Å². The van der Waals surface area contributed by atoms with Crippen molar-refractivity contribution in [2.75, 3.05) is 20.8 Å². The predicted octanol–water partition coefficient (Wildman–Crippen LogP) is 9.74. The van der Waals surface area contributed by atoms with E-state index in [4.69, 9.17) is 28.4 Å². The minimum Gasteiger partial charge on any atom is -0.496 e. The van der Waals surface area contributed by atoms with Crippen LogP contribution in [-0.4, -0.2) is 55.5 Å². The lowest BCUT2D eigenvalue weighted by Crippen LogP contribution is -2.62. The molecule has 56 heavy (non-hydrogen) atoms. The summed E-state index contributed by atoms with van der Waals surface area (Å²) in [5.74, 6) is 1.50. The smallest absolute Gasteiger partial charge is 0.229 e. The highest BCUT2D eigenvalue weighted by atomic mass is 16.7. The molecule has 8 unspecified atom stereocenters. The van der Waals surface area contributed by atoms with Crippen LogP contribution in [0.15, 0.2) is 24.3 Å². The third-order valence-corrected chi connectivity index (χ3v) is 16.5. The predicted molar refractivity (Wildman–Crippen MR) is 215 cm³/mol. The van der Waals surface area contributed by atoms with E-state index in [1.807, 2.05) is 26.0 Å². The first-order valence-electron chi connectivity index (χ1n) is 21.5. The zero-order chi connectivity index (χ0) is 40.4. The first-order valence-corrected chi connectivity index (χ1v) is 21.5. The molecule has 306 valence electrons. The topological polar surface area (TPSA) is 89.5 Å². The molecule has 8 nitrogen and oxygen atoms in total. The zero-order valence-electron chi connectivity index (χ0n) is 36.1. The Morgan fingerprint density at radius 2 is 1.46 bits per heavy atom. The fourth-order valence-electron chi connectivity index (χ4n) is 13.2. The molecule has 4 aliphatic carbocycles. The highest BCUT2D eigenvalue weighted by Crippen LogP contribution is 2.72. The number of methoxy groups -OCH3 is 2. The minimum atomic E-state index is -0.735. The molecule has 2 aromatic carbocycles. The monoisotopic (exact) mass is 770 g/mol. The summed E-state index contributed by atoms with van der Waals surface area (Å²) in [6, 6.07) is 8.27. The third kappa shape index (κ3) is 5.50. The van der Waals surface area contributed by atoms with Crippen molar-refractivity contribution in [1.29, 1.82) is 0 Å². The van der Waals surface area contributed by atoms with Gasteiger partial charge in [0.25, 0.3) is 0 Å². The Hall–Kier alpha value is -2.78. The fraction of sp³-hybridized carbons (Fsp3) is 0.708. The van der Waals surface area contributed by atoms with Crippen molar-refractivity contribution >= 4 is 11.6 Å². The van der Waals surface area contributed by atoms with Gasteiger partial charge in [0.1, 0.15) is 22.7 Å². The Labute approximate surface area is 335 Å². The second kappa shape index (κ2) is 13.4. The summed E-state index contributed by atoms with van der Waals surface area (Å²) in [5.41, 5.74) is 5.03. The van der Waals surface area contributed by atoms with Gasteiger partial charge in [0.05, 0.1) is 37.4 Å². The molecule has 0 aromatic heterocycles. The number of hydrogen-bond acceptors (Lipinski definition) is 8. The molecule has 9 rings (SSSR count). The lowest BCUT2D eigenvalue weighted by Gasteiger charge is -2.61. The molecule has 3 saturated heterocycles. The lowest BCUT2D eigenvalue weighted by atomic mass is 9.55. The number of benzene rings is 2. The highest BCUT2D eigenvalue weighted by molar-refractivity contribution is 6.46. The summed E-state index contributed by atoms with van der Waals surface area (Å²) in [6.07, 6.45) is 8.84. The van der Waals surface area contributed by atoms with E-state index in [9.17, 15) is 9.59 Å². The van der Waals surface area contributed by atoms with Gasteiger partial charge in [-0.3, -0.25) is 9.59 Å². The Morgan fingerprint density at radius 3 is 2.12 bits per heavy atom. The second-order valence-corrected chi connectivity index (χ2v) is 19.9. The van der Waals surface area contributed by atoms with Gasteiger partial charge in [-0.15, -0.1) is 0 Å². The van der Waals surface area contributed by atoms with Crippen LogP contribution in [0, 0.1) is 48.9 Å². The van der Waals surface area contributed by atoms with E-state index in [2.05, 4.69) is 67.5 Å². The number of ether oxygens (including phenoxy) is 6. The number of carbonyl (C=O) groups excluding carboxylic acids is 2. The lowest BCUT2D eigenvalue weighted by molar-refractivity contribution is -0.374. The van der Waals surface area contributed by atoms with E-state index < -0.39 is 23.1 Å². The number of carbonyl (C=O) groups is 2. The standard InChI is InChI=1S/C25H36O3.C23H30O5/c1-15-14-25(27-22(15,4)5)17(3)19-11-13-24(28-25)20-8-9-21(26-7)16(2)18(20)10-12-23(19,24)6;1-13-17(26-5)8-7-16-18(13)20(24)21(25)19-15-9-11-23(16,19)27-12-6-10-22(3,4)28-14(15)2/h8-9,15,17,19H,10-14H2,1-7H3;7-8,14-15,19H,6,9-12H2,1-5H3/t15-,17?,19?,23+,24?,25?;/m0./s1. The SMILES string of the molecule is COc1ccc2c(c1C)C(=O)C(=O)C1C3CCC21OCCCC(C)(C)OC3C.COc1ccc2c(c1C)CC[C@]1(C)C3CCC21OC1(C[C@H](C)C(C)(C)O1)C3C.